The Kier molecular flexibility index (Phi) is 2.91. The van der Waals surface area contributed by atoms with Crippen LogP contribution in [-0.4, -0.2) is 39.3 Å². The van der Waals surface area contributed by atoms with Gasteiger partial charge >= 0.3 is 0 Å². The van der Waals surface area contributed by atoms with E-state index < -0.39 is 0 Å². The summed E-state index contributed by atoms with van der Waals surface area (Å²) < 4.78 is 5.12. The van der Waals surface area contributed by atoms with Crippen molar-refractivity contribution in [2.75, 3.05) is 18.5 Å². The Balaban J connectivity index is 1.92. The van der Waals surface area contributed by atoms with E-state index in [-0.39, 0.29) is 17.8 Å². The number of tetrazole rings is 1. The fourth-order valence-electron chi connectivity index (χ4n) is 1.38. The summed E-state index contributed by atoms with van der Waals surface area (Å²) in [7, 11) is 0. The van der Waals surface area contributed by atoms with Crippen molar-refractivity contribution < 1.29 is 9.53 Å². The molecule has 1 saturated heterocycles. The van der Waals surface area contributed by atoms with Crippen LogP contribution in [0.15, 0.2) is 0 Å². The lowest BCUT2D eigenvalue weighted by Gasteiger charge is -2.04. The summed E-state index contributed by atoms with van der Waals surface area (Å²) in [6.07, 6.45) is 0.758. The molecule has 0 saturated carbocycles. The maximum absolute atomic E-state index is 11.6. The lowest BCUT2D eigenvalue weighted by molar-refractivity contribution is -0.119. The molecular weight excluding hydrogens is 198 g/mol. The summed E-state index contributed by atoms with van der Waals surface area (Å²) in [4.78, 5) is 13.0. The van der Waals surface area contributed by atoms with Crippen molar-refractivity contribution in [2.24, 2.45) is 5.92 Å². The number of nitrogens with zero attached hydrogens (tertiary/aromatic N) is 4. The van der Waals surface area contributed by atoms with E-state index in [1.807, 2.05) is 6.92 Å². The summed E-state index contributed by atoms with van der Waals surface area (Å²) in [5.74, 6) is 0.0791. The molecular formula is C8H13N5O2. The van der Waals surface area contributed by atoms with Crippen LogP contribution in [-0.2, 0) is 16.1 Å². The minimum atomic E-state index is -0.0943. The molecule has 0 bridgehead atoms. The molecule has 7 heteroatoms. The fourth-order valence-corrected chi connectivity index (χ4v) is 1.38. The summed E-state index contributed by atoms with van der Waals surface area (Å²) in [5, 5.41) is 14.0. The Morgan fingerprint density at radius 3 is 3.20 bits per heavy atom. The number of aromatic nitrogens is 4. The lowest BCUT2D eigenvalue weighted by atomic mass is 10.1. The van der Waals surface area contributed by atoms with Gasteiger partial charge in [0.1, 0.15) is 0 Å². The van der Waals surface area contributed by atoms with E-state index in [1.165, 1.54) is 4.80 Å². The topological polar surface area (TPSA) is 81.9 Å². The van der Waals surface area contributed by atoms with E-state index in [0.29, 0.717) is 19.8 Å². The van der Waals surface area contributed by atoms with Crippen LogP contribution >= 0.6 is 0 Å². The Labute approximate surface area is 86.8 Å². The largest absolute Gasteiger partial charge is 0.381 e. The summed E-state index contributed by atoms with van der Waals surface area (Å²) >= 11 is 0. The van der Waals surface area contributed by atoms with E-state index in [9.17, 15) is 4.79 Å². The van der Waals surface area contributed by atoms with Crippen molar-refractivity contribution in [1.29, 1.82) is 0 Å². The van der Waals surface area contributed by atoms with Gasteiger partial charge in [0, 0.05) is 6.61 Å². The van der Waals surface area contributed by atoms with Crippen LogP contribution < -0.4 is 5.32 Å². The Hall–Kier alpha value is -1.50. The quantitative estimate of drug-likeness (QED) is 0.740. The maximum atomic E-state index is 11.6. The van der Waals surface area contributed by atoms with Gasteiger partial charge in [-0.05, 0) is 18.6 Å². The fraction of sp³-hybridized carbons (Fsp3) is 0.750. The predicted octanol–water partition coefficient (Wildman–Crippen LogP) is -0.332. The first-order valence-electron chi connectivity index (χ1n) is 4.96. The average molecular weight is 211 g/mol. The van der Waals surface area contributed by atoms with Gasteiger partial charge in [-0.3, -0.25) is 10.1 Å². The Morgan fingerprint density at radius 2 is 2.60 bits per heavy atom. The van der Waals surface area contributed by atoms with Gasteiger partial charge in [-0.15, -0.1) is 5.10 Å². The van der Waals surface area contributed by atoms with E-state index in [0.717, 1.165) is 6.42 Å². The summed E-state index contributed by atoms with van der Waals surface area (Å²) in [6, 6.07) is 0. The molecule has 1 unspecified atom stereocenters. The third-order valence-corrected chi connectivity index (χ3v) is 2.27. The van der Waals surface area contributed by atoms with Crippen LogP contribution in [0, 0.1) is 5.92 Å². The second-order valence-electron chi connectivity index (χ2n) is 3.35. The Morgan fingerprint density at radius 1 is 1.73 bits per heavy atom. The lowest BCUT2D eigenvalue weighted by Crippen LogP contribution is -2.23. The van der Waals surface area contributed by atoms with Crippen LogP contribution in [0.4, 0.5) is 5.95 Å². The number of aryl methyl sites for hydroxylation is 1. The summed E-state index contributed by atoms with van der Waals surface area (Å²) in [5.41, 5.74) is 0. The summed E-state index contributed by atoms with van der Waals surface area (Å²) in [6.45, 7) is 3.66. The number of nitrogens with one attached hydrogen (secondary N) is 1. The van der Waals surface area contributed by atoms with Gasteiger partial charge in [0.15, 0.2) is 0 Å². The highest BCUT2D eigenvalue weighted by atomic mass is 16.5. The van der Waals surface area contributed by atoms with E-state index in [4.69, 9.17) is 4.74 Å². The molecule has 0 aliphatic carbocycles. The first kappa shape index (κ1) is 10.0. The molecule has 1 atom stereocenters. The third-order valence-electron chi connectivity index (χ3n) is 2.27. The van der Waals surface area contributed by atoms with Crippen LogP contribution in [0.2, 0.25) is 0 Å². The molecule has 1 aliphatic rings. The van der Waals surface area contributed by atoms with Gasteiger partial charge in [0.2, 0.25) is 5.91 Å². The number of anilines is 1. The molecule has 1 amide bonds. The number of amides is 1. The van der Waals surface area contributed by atoms with E-state index in [1.54, 1.807) is 0 Å². The van der Waals surface area contributed by atoms with Crippen LogP contribution in [0.5, 0.6) is 0 Å². The minimum absolute atomic E-state index is 0.0847. The zero-order chi connectivity index (χ0) is 10.7. The molecule has 0 aromatic carbocycles. The highest BCUT2D eigenvalue weighted by molar-refractivity contribution is 5.91. The molecule has 1 aromatic rings. The molecule has 0 radical (unpaired) electrons. The highest BCUT2D eigenvalue weighted by Crippen LogP contribution is 2.13. The van der Waals surface area contributed by atoms with E-state index >= 15 is 0 Å². The number of ether oxygens (including phenoxy) is 1. The first-order chi connectivity index (χ1) is 7.29. The number of carbonyl (C=O) groups is 1. The normalized spacial score (nSPS) is 20.5. The SMILES string of the molecule is CCn1nnc(NC(=O)C2CCOC2)n1. The monoisotopic (exact) mass is 211 g/mol. The second-order valence-corrected chi connectivity index (χ2v) is 3.35. The number of hydrogen-bond donors (Lipinski definition) is 1. The molecule has 7 nitrogen and oxygen atoms in total. The predicted molar refractivity (Wildman–Crippen MR) is 51.0 cm³/mol. The number of hydrogen-bond acceptors (Lipinski definition) is 5. The maximum Gasteiger partial charge on any atom is 0.270 e. The zero-order valence-corrected chi connectivity index (χ0v) is 8.51. The highest BCUT2D eigenvalue weighted by Gasteiger charge is 2.24. The van der Waals surface area contributed by atoms with Crippen LogP contribution in [0.25, 0.3) is 0 Å². The van der Waals surface area contributed by atoms with Crippen molar-refractivity contribution in [3.8, 4) is 0 Å². The molecule has 15 heavy (non-hydrogen) atoms. The molecule has 0 spiro atoms. The van der Waals surface area contributed by atoms with Crippen LogP contribution in [0.3, 0.4) is 0 Å². The number of rotatable bonds is 3. The minimum Gasteiger partial charge on any atom is -0.381 e. The van der Waals surface area contributed by atoms with Gasteiger partial charge in [0.05, 0.1) is 19.1 Å². The van der Waals surface area contributed by atoms with Crippen molar-refractivity contribution in [1.82, 2.24) is 20.2 Å². The van der Waals surface area contributed by atoms with Gasteiger partial charge in [0.25, 0.3) is 5.95 Å². The average Bonchev–Trinajstić information content (AvgIpc) is 2.87. The van der Waals surface area contributed by atoms with Gasteiger partial charge in [-0.1, -0.05) is 5.10 Å². The smallest absolute Gasteiger partial charge is 0.270 e. The molecule has 1 aromatic heterocycles. The molecule has 1 aliphatic heterocycles. The zero-order valence-electron chi connectivity index (χ0n) is 8.51. The molecule has 1 N–H and O–H groups in total. The molecule has 2 heterocycles. The first-order valence-corrected chi connectivity index (χ1v) is 4.96. The van der Waals surface area contributed by atoms with Gasteiger partial charge in [-0.2, -0.15) is 4.80 Å². The van der Waals surface area contributed by atoms with Gasteiger partial charge < -0.3 is 4.74 Å². The molecule has 1 fully saturated rings. The van der Waals surface area contributed by atoms with Crippen molar-refractivity contribution in [3.05, 3.63) is 0 Å². The van der Waals surface area contributed by atoms with Crippen molar-refractivity contribution in [3.63, 3.8) is 0 Å². The van der Waals surface area contributed by atoms with Crippen LogP contribution in [0.1, 0.15) is 13.3 Å². The van der Waals surface area contributed by atoms with Crippen molar-refractivity contribution in [2.45, 2.75) is 19.9 Å². The standard InChI is InChI=1S/C8H13N5O2/c1-2-13-11-8(10-12-13)9-7(14)6-3-4-15-5-6/h6H,2-5H2,1H3,(H,9,11,14). The number of carbonyl (C=O) groups excluding carboxylic acids is 1. The Bertz CT molecular complexity index is 345. The van der Waals surface area contributed by atoms with E-state index in [2.05, 4.69) is 20.7 Å². The second kappa shape index (κ2) is 4.35. The third kappa shape index (κ3) is 2.30. The molecule has 2 rings (SSSR count). The van der Waals surface area contributed by atoms with Gasteiger partial charge in [-0.25, -0.2) is 0 Å². The molecule has 82 valence electrons. The van der Waals surface area contributed by atoms with Crippen molar-refractivity contribution >= 4 is 11.9 Å².